The first-order valence-electron chi connectivity index (χ1n) is 9.22. The van der Waals surface area contributed by atoms with Crippen LogP contribution in [0.2, 0.25) is 10.0 Å². The van der Waals surface area contributed by atoms with E-state index in [0.717, 1.165) is 41.6 Å². The number of benzene rings is 1. The second-order valence-electron chi connectivity index (χ2n) is 6.96. The van der Waals surface area contributed by atoms with Gasteiger partial charge in [0.05, 0.1) is 35.1 Å². The summed E-state index contributed by atoms with van der Waals surface area (Å²) in [5.41, 5.74) is 1.45. The first kappa shape index (κ1) is 19.7. The van der Waals surface area contributed by atoms with Crippen molar-refractivity contribution in [3.63, 3.8) is 0 Å². The maximum Gasteiger partial charge on any atom is 0.332 e. The zero-order valence-electron chi connectivity index (χ0n) is 15.5. The summed E-state index contributed by atoms with van der Waals surface area (Å²) in [6.45, 7) is 0.870. The zero-order chi connectivity index (χ0) is 19.8. The van der Waals surface area contributed by atoms with Gasteiger partial charge in [0.15, 0.2) is 0 Å². The molecule has 8 heteroatoms. The monoisotopic (exact) mass is 438 g/mol. The zero-order valence-corrected chi connectivity index (χ0v) is 17.8. The fourth-order valence-electron chi connectivity index (χ4n) is 3.76. The largest absolute Gasteiger partial charge is 0.383 e. The maximum absolute atomic E-state index is 13.2. The Morgan fingerprint density at radius 3 is 2.64 bits per heavy atom. The fraction of sp³-hybridized carbons (Fsp3) is 0.400. The van der Waals surface area contributed by atoms with E-state index in [-0.39, 0.29) is 17.8 Å². The van der Waals surface area contributed by atoms with Crippen molar-refractivity contribution in [2.75, 3.05) is 13.7 Å². The van der Waals surface area contributed by atoms with Crippen LogP contribution < -0.4 is 11.2 Å². The number of ether oxygens (including phenoxy) is 1. The molecule has 0 N–H and O–H groups in total. The number of fused-ring (bicyclic) bond motifs is 3. The van der Waals surface area contributed by atoms with Crippen molar-refractivity contribution in [3.05, 3.63) is 65.1 Å². The Labute approximate surface area is 176 Å². The second-order valence-corrected chi connectivity index (χ2v) is 8.86. The standard InChI is InChI=1S/C20H20Cl2N2O3S/c1-27-9-8-23-18(25)17-13-4-2-3-5-16(13)28-19(17)24(20(23)26)11-12-6-7-14(21)15(22)10-12/h6-7,10H,2-5,8-9,11H2,1H3. The van der Waals surface area contributed by atoms with Crippen LogP contribution in [0.15, 0.2) is 27.8 Å². The van der Waals surface area contributed by atoms with Crippen molar-refractivity contribution < 1.29 is 4.74 Å². The summed E-state index contributed by atoms with van der Waals surface area (Å²) in [6, 6.07) is 5.34. The molecule has 0 saturated carbocycles. The molecule has 2 aromatic heterocycles. The van der Waals surface area contributed by atoms with E-state index in [0.29, 0.717) is 28.6 Å². The van der Waals surface area contributed by atoms with Gasteiger partial charge < -0.3 is 4.74 Å². The Balaban J connectivity index is 1.95. The molecule has 0 aliphatic heterocycles. The third-order valence-electron chi connectivity index (χ3n) is 5.16. The van der Waals surface area contributed by atoms with Crippen molar-refractivity contribution in [2.24, 2.45) is 0 Å². The molecule has 0 fully saturated rings. The highest BCUT2D eigenvalue weighted by atomic mass is 35.5. The van der Waals surface area contributed by atoms with Gasteiger partial charge in [-0.25, -0.2) is 4.79 Å². The van der Waals surface area contributed by atoms with E-state index in [2.05, 4.69) is 0 Å². The van der Waals surface area contributed by atoms with Gasteiger partial charge in [-0.1, -0.05) is 29.3 Å². The Morgan fingerprint density at radius 1 is 1.11 bits per heavy atom. The van der Waals surface area contributed by atoms with Crippen LogP contribution in [0.4, 0.5) is 0 Å². The molecule has 28 heavy (non-hydrogen) atoms. The van der Waals surface area contributed by atoms with Gasteiger partial charge in [0.25, 0.3) is 5.56 Å². The number of aryl methyl sites for hydroxylation is 2. The number of nitrogens with zero attached hydrogens (tertiary/aromatic N) is 2. The van der Waals surface area contributed by atoms with Gasteiger partial charge in [-0.05, 0) is 48.9 Å². The molecule has 5 nitrogen and oxygen atoms in total. The smallest absolute Gasteiger partial charge is 0.332 e. The highest BCUT2D eigenvalue weighted by molar-refractivity contribution is 7.18. The predicted octanol–water partition coefficient (Wildman–Crippen LogP) is 4.11. The maximum atomic E-state index is 13.2. The third-order valence-corrected chi connectivity index (χ3v) is 7.22. The highest BCUT2D eigenvalue weighted by Crippen LogP contribution is 2.34. The van der Waals surface area contributed by atoms with Crippen LogP contribution in [0.5, 0.6) is 0 Å². The molecule has 0 amide bonds. The van der Waals surface area contributed by atoms with Crippen LogP contribution in [-0.4, -0.2) is 22.9 Å². The van der Waals surface area contributed by atoms with Crippen molar-refractivity contribution >= 4 is 44.8 Å². The van der Waals surface area contributed by atoms with E-state index in [9.17, 15) is 9.59 Å². The first-order chi connectivity index (χ1) is 13.5. The molecular formula is C20H20Cl2N2O3S. The topological polar surface area (TPSA) is 53.2 Å². The number of rotatable bonds is 5. The molecule has 1 aromatic carbocycles. The van der Waals surface area contributed by atoms with Crippen molar-refractivity contribution in [1.29, 1.82) is 0 Å². The minimum absolute atomic E-state index is 0.207. The number of aromatic nitrogens is 2. The van der Waals surface area contributed by atoms with Crippen LogP contribution in [0.1, 0.15) is 28.8 Å². The van der Waals surface area contributed by atoms with Gasteiger partial charge in [0.2, 0.25) is 0 Å². The molecule has 2 heterocycles. The molecule has 0 saturated heterocycles. The van der Waals surface area contributed by atoms with Crippen LogP contribution in [0.25, 0.3) is 10.2 Å². The van der Waals surface area contributed by atoms with Crippen LogP contribution in [0.3, 0.4) is 0 Å². The molecule has 1 aliphatic rings. The van der Waals surface area contributed by atoms with E-state index >= 15 is 0 Å². The van der Waals surface area contributed by atoms with Crippen LogP contribution >= 0.6 is 34.5 Å². The lowest BCUT2D eigenvalue weighted by Crippen LogP contribution is -2.41. The van der Waals surface area contributed by atoms with Crippen LogP contribution in [-0.2, 0) is 30.7 Å². The van der Waals surface area contributed by atoms with Gasteiger partial charge in [-0.15, -0.1) is 11.3 Å². The Morgan fingerprint density at radius 2 is 1.89 bits per heavy atom. The van der Waals surface area contributed by atoms with E-state index in [1.807, 2.05) is 6.07 Å². The first-order valence-corrected chi connectivity index (χ1v) is 10.8. The van der Waals surface area contributed by atoms with E-state index < -0.39 is 0 Å². The Kier molecular flexibility index (Phi) is 5.65. The molecule has 148 valence electrons. The van der Waals surface area contributed by atoms with Gasteiger partial charge in [0, 0.05) is 12.0 Å². The van der Waals surface area contributed by atoms with Gasteiger partial charge in [0.1, 0.15) is 4.83 Å². The van der Waals surface area contributed by atoms with Gasteiger partial charge in [-0.3, -0.25) is 13.9 Å². The molecular weight excluding hydrogens is 419 g/mol. The molecule has 4 rings (SSSR count). The lowest BCUT2D eigenvalue weighted by atomic mass is 9.97. The second kappa shape index (κ2) is 8.03. The number of hydrogen-bond acceptors (Lipinski definition) is 4. The average Bonchev–Trinajstić information content (AvgIpc) is 3.07. The Hall–Kier alpha value is -1.60. The predicted molar refractivity (Wildman–Crippen MR) is 114 cm³/mol. The van der Waals surface area contributed by atoms with E-state index in [4.69, 9.17) is 27.9 Å². The summed E-state index contributed by atoms with van der Waals surface area (Å²) in [5.74, 6) is 0. The number of methoxy groups -OCH3 is 1. The molecule has 0 atom stereocenters. The Bertz CT molecular complexity index is 1160. The van der Waals surface area contributed by atoms with Crippen molar-refractivity contribution in [1.82, 2.24) is 9.13 Å². The lowest BCUT2D eigenvalue weighted by molar-refractivity contribution is 0.184. The van der Waals surface area contributed by atoms with Crippen molar-refractivity contribution in [3.8, 4) is 0 Å². The molecule has 0 radical (unpaired) electrons. The van der Waals surface area contributed by atoms with E-state index in [1.54, 1.807) is 35.1 Å². The minimum atomic E-state index is -0.320. The summed E-state index contributed by atoms with van der Waals surface area (Å²) in [5, 5.41) is 1.61. The normalized spacial score (nSPS) is 13.8. The van der Waals surface area contributed by atoms with Gasteiger partial charge >= 0.3 is 5.69 Å². The quantitative estimate of drug-likeness (QED) is 0.602. The SMILES string of the molecule is COCCn1c(=O)c2c3c(sc2n(Cc2ccc(Cl)c(Cl)c2)c1=O)CCCC3. The molecule has 3 aromatic rings. The molecule has 0 spiro atoms. The highest BCUT2D eigenvalue weighted by Gasteiger charge is 2.23. The number of halogens is 2. The van der Waals surface area contributed by atoms with Crippen molar-refractivity contribution in [2.45, 2.75) is 38.8 Å². The summed E-state index contributed by atoms with van der Waals surface area (Å²) >= 11 is 13.8. The third kappa shape index (κ3) is 3.43. The van der Waals surface area contributed by atoms with Crippen LogP contribution in [0, 0.1) is 0 Å². The molecule has 0 bridgehead atoms. The number of hydrogen-bond donors (Lipinski definition) is 0. The van der Waals surface area contributed by atoms with Gasteiger partial charge in [-0.2, -0.15) is 0 Å². The summed E-state index contributed by atoms with van der Waals surface area (Å²) < 4.78 is 8.10. The molecule has 0 unspecified atom stereocenters. The van der Waals surface area contributed by atoms with E-state index in [1.165, 1.54) is 9.44 Å². The number of thiophene rings is 1. The average molecular weight is 439 g/mol. The summed E-state index contributed by atoms with van der Waals surface area (Å²) in [6.07, 6.45) is 4.05. The summed E-state index contributed by atoms with van der Waals surface area (Å²) in [7, 11) is 1.56. The lowest BCUT2D eigenvalue weighted by Gasteiger charge is -2.13. The summed E-state index contributed by atoms with van der Waals surface area (Å²) in [4.78, 5) is 28.3. The molecule has 1 aliphatic carbocycles. The minimum Gasteiger partial charge on any atom is -0.383 e. The fourth-order valence-corrected chi connectivity index (χ4v) is 5.45.